The molecule has 1 unspecified atom stereocenters. The Kier molecular flexibility index (Phi) is 5.60. The number of carbonyl (C=O) groups is 1. The second kappa shape index (κ2) is 7.45. The van der Waals surface area contributed by atoms with Crippen LogP contribution in [0.3, 0.4) is 0 Å². The summed E-state index contributed by atoms with van der Waals surface area (Å²) in [6, 6.07) is 1.82. The Morgan fingerprint density at radius 3 is 2.50 bits per heavy atom. The molecule has 0 bridgehead atoms. The van der Waals surface area contributed by atoms with Gasteiger partial charge in [-0.15, -0.1) is 11.3 Å². The number of amides is 1. The van der Waals surface area contributed by atoms with Gasteiger partial charge in [-0.1, -0.05) is 20.8 Å². The molecule has 2 aromatic rings. The van der Waals surface area contributed by atoms with Gasteiger partial charge in [0.1, 0.15) is 5.82 Å². The second-order valence-electron chi connectivity index (χ2n) is 5.84. The van der Waals surface area contributed by atoms with E-state index in [1.165, 1.54) is 4.88 Å². The van der Waals surface area contributed by atoms with Crippen LogP contribution in [0.5, 0.6) is 0 Å². The number of aromatic nitrogens is 3. The maximum absolute atomic E-state index is 12.0. The third-order valence-electron chi connectivity index (χ3n) is 3.35. The maximum Gasteiger partial charge on any atom is 0.231 e. The van der Waals surface area contributed by atoms with Crippen LogP contribution in [0, 0.1) is 11.8 Å². The molecule has 2 rings (SSSR count). The fraction of sp³-hybridized carbons (Fsp3) is 0.500. The normalized spacial score (nSPS) is 12.4. The van der Waals surface area contributed by atoms with Gasteiger partial charge in [-0.25, -0.2) is 15.0 Å². The van der Waals surface area contributed by atoms with Gasteiger partial charge in [0.15, 0.2) is 5.13 Å². The van der Waals surface area contributed by atoms with Crippen molar-refractivity contribution in [2.24, 2.45) is 11.8 Å². The molecule has 5 nitrogen and oxygen atoms in total. The molecule has 0 spiro atoms. The standard InChI is InChI=1S/C16H22N4OS/c1-11(2)15(21)20(4)16-19-10-13(22-16)8-12(3)9-14-17-6-5-7-18-14/h5-7,10-12H,8-9H2,1-4H3. The predicted octanol–water partition coefficient (Wildman–Crippen LogP) is 2.97. The molecule has 0 aromatic carbocycles. The number of nitrogens with zero attached hydrogens (tertiary/aromatic N) is 4. The van der Waals surface area contributed by atoms with E-state index in [-0.39, 0.29) is 11.8 Å². The van der Waals surface area contributed by atoms with Crippen molar-refractivity contribution in [3.05, 3.63) is 35.4 Å². The van der Waals surface area contributed by atoms with Gasteiger partial charge in [-0.2, -0.15) is 0 Å². The van der Waals surface area contributed by atoms with Crippen molar-refractivity contribution in [3.63, 3.8) is 0 Å². The molecule has 0 aliphatic heterocycles. The van der Waals surface area contributed by atoms with Crippen molar-refractivity contribution >= 4 is 22.4 Å². The first-order valence-corrected chi connectivity index (χ1v) is 8.27. The Labute approximate surface area is 135 Å². The minimum atomic E-state index is -0.0218. The van der Waals surface area contributed by atoms with Crippen molar-refractivity contribution in [2.75, 3.05) is 11.9 Å². The van der Waals surface area contributed by atoms with E-state index in [1.54, 1.807) is 35.7 Å². The summed E-state index contributed by atoms with van der Waals surface area (Å²) in [4.78, 5) is 27.7. The van der Waals surface area contributed by atoms with E-state index in [0.29, 0.717) is 5.92 Å². The quantitative estimate of drug-likeness (QED) is 0.821. The zero-order valence-electron chi connectivity index (χ0n) is 13.5. The third-order valence-corrected chi connectivity index (χ3v) is 4.45. The van der Waals surface area contributed by atoms with Crippen LogP contribution in [0.15, 0.2) is 24.7 Å². The highest BCUT2D eigenvalue weighted by molar-refractivity contribution is 7.15. The van der Waals surface area contributed by atoms with Gasteiger partial charge in [-0.05, 0) is 18.4 Å². The van der Waals surface area contributed by atoms with Gasteiger partial charge in [0.2, 0.25) is 5.91 Å². The topological polar surface area (TPSA) is 59.0 Å². The molecule has 0 radical (unpaired) electrons. The highest BCUT2D eigenvalue weighted by Gasteiger charge is 2.18. The van der Waals surface area contributed by atoms with Crippen molar-refractivity contribution in [1.82, 2.24) is 15.0 Å². The van der Waals surface area contributed by atoms with Gasteiger partial charge < -0.3 is 0 Å². The summed E-state index contributed by atoms with van der Waals surface area (Å²) in [6.07, 6.45) is 7.17. The molecule has 0 saturated carbocycles. The maximum atomic E-state index is 12.0. The molecule has 0 aliphatic rings. The highest BCUT2D eigenvalue weighted by atomic mass is 32.1. The summed E-state index contributed by atoms with van der Waals surface area (Å²) in [5.41, 5.74) is 0. The van der Waals surface area contributed by atoms with Crippen molar-refractivity contribution in [1.29, 1.82) is 0 Å². The summed E-state index contributed by atoms with van der Waals surface area (Å²) in [5, 5.41) is 0.761. The van der Waals surface area contributed by atoms with Crippen molar-refractivity contribution in [3.8, 4) is 0 Å². The fourth-order valence-electron chi connectivity index (χ4n) is 2.19. The molecule has 0 fully saturated rings. The van der Waals surface area contributed by atoms with Crippen LogP contribution in [0.4, 0.5) is 5.13 Å². The van der Waals surface area contributed by atoms with Crippen LogP contribution in [0.25, 0.3) is 0 Å². The average molecular weight is 318 g/mol. The summed E-state index contributed by atoms with van der Waals surface area (Å²) in [7, 11) is 1.78. The van der Waals surface area contributed by atoms with Crippen molar-refractivity contribution < 1.29 is 4.79 Å². The summed E-state index contributed by atoms with van der Waals surface area (Å²) < 4.78 is 0. The zero-order chi connectivity index (χ0) is 16.1. The number of hydrogen-bond donors (Lipinski definition) is 0. The summed E-state index contributed by atoms with van der Waals surface area (Å²) in [5.74, 6) is 1.37. The van der Waals surface area contributed by atoms with E-state index in [2.05, 4.69) is 21.9 Å². The Bertz CT molecular complexity index is 612. The monoisotopic (exact) mass is 318 g/mol. The van der Waals surface area contributed by atoms with Gasteiger partial charge in [0.05, 0.1) is 0 Å². The fourth-order valence-corrected chi connectivity index (χ4v) is 3.23. The highest BCUT2D eigenvalue weighted by Crippen LogP contribution is 2.25. The molecule has 2 heterocycles. The number of carbonyl (C=O) groups excluding carboxylic acids is 1. The van der Waals surface area contributed by atoms with Crippen LogP contribution in [0.1, 0.15) is 31.5 Å². The first-order valence-electron chi connectivity index (χ1n) is 7.45. The third kappa shape index (κ3) is 4.34. The lowest BCUT2D eigenvalue weighted by molar-refractivity contribution is -0.121. The number of rotatable bonds is 6. The van der Waals surface area contributed by atoms with E-state index >= 15 is 0 Å². The van der Waals surface area contributed by atoms with Crippen LogP contribution in [-0.4, -0.2) is 27.9 Å². The molecular weight excluding hydrogens is 296 g/mol. The predicted molar refractivity (Wildman–Crippen MR) is 89.0 cm³/mol. The molecule has 0 aliphatic carbocycles. The molecular formula is C16H22N4OS. The first-order chi connectivity index (χ1) is 10.5. The Hall–Kier alpha value is -1.82. The van der Waals surface area contributed by atoms with E-state index in [9.17, 15) is 4.79 Å². The largest absolute Gasteiger partial charge is 0.291 e. The minimum absolute atomic E-state index is 0.0218. The molecule has 2 aromatic heterocycles. The number of hydrogen-bond acceptors (Lipinski definition) is 5. The lowest BCUT2D eigenvalue weighted by Gasteiger charge is -2.15. The second-order valence-corrected chi connectivity index (χ2v) is 6.93. The van der Waals surface area contributed by atoms with Crippen LogP contribution < -0.4 is 4.90 Å². The first kappa shape index (κ1) is 16.5. The lowest BCUT2D eigenvalue weighted by atomic mass is 10.0. The van der Waals surface area contributed by atoms with Gasteiger partial charge >= 0.3 is 0 Å². The average Bonchev–Trinajstić information content (AvgIpc) is 2.94. The smallest absolute Gasteiger partial charge is 0.231 e. The number of anilines is 1. The Morgan fingerprint density at radius 2 is 1.86 bits per heavy atom. The van der Waals surface area contributed by atoms with E-state index < -0.39 is 0 Å². The molecule has 1 amide bonds. The Morgan fingerprint density at radius 1 is 1.18 bits per heavy atom. The molecule has 22 heavy (non-hydrogen) atoms. The number of thiazole rings is 1. The zero-order valence-corrected chi connectivity index (χ0v) is 14.3. The Balaban J connectivity index is 1.95. The SMILES string of the molecule is CC(Cc1ncccn1)Cc1cnc(N(C)C(=O)C(C)C)s1. The van der Waals surface area contributed by atoms with Crippen LogP contribution in [0.2, 0.25) is 0 Å². The molecule has 6 heteroatoms. The summed E-state index contributed by atoms with van der Waals surface area (Å²) >= 11 is 1.58. The van der Waals surface area contributed by atoms with E-state index in [0.717, 1.165) is 23.8 Å². The lowest BCUT2D eigenvalue weighted by Crippen LogP contribution is -2.30. The summed E-state index contributed by atoms with van der Waals surface area (Å²) in [6.45, 7) is 5.98. The minimum Gasteiger partial charge on any atom is -0.291 e. The van der Waals surface area contributed by atoms with Crippen LogP contribution >= 0.6 is 11.3 Å². The van der Waals surface area contributed by atoms with Gasteiger partial charge in [-0.3, -0.25) is 9.69 Å². The molecule has 0 N–H and O–H groups in total. The van der Waals surface area contributed by atoms with Gasteiger partial charge in [0, 0.05) is 42.9 Å². The molecule has 1 atom stereocenters. The van der Waals surface area contributed by atoms with Crippen molar-refractivity contribution in [2.45, 2.75) is 33.6 Å². The van der Waals surface area contributed by atoms with Crippen LogP contribution in [-0.2, 0) is 17.6 Å². The van der Waals surface area contributed by atoms with E-state index in [1.807, 2.05) is 26.1 Å². The van der Waals surface area contributed by atoms with Gasteiger partial charge in [0.25, 0.3) is 0 Å². The van der Waals surface area contributed by atoms with E-state index in [4.69, 9.17) is 0 Å². The molecule has 118 valence electrons. The molecule has 0 saturated heterocycles.